The fourth-order valence-corrected chi connectivity index (χ4v) is 1.85. The van der Waals surface area contributed by atoms with Crippen molar-refractivity contribution in [3.63, 3.8) is 0 Å². The van der Waals surface area contributed by atoms with Gasteiger partial charge in [0.25, 0.3) is 5.91 Å². The SMILES string of the molecule is COCCNC(=O)C(C)NC(=O)c1ccc2nc[nH]c2c1. The molecule has 0 bridgehead atoms. The van der Waals surface area contributed by atoms with Gasteiger partial charge in [-0.05, 0) is 25.1 Å². The second kappa shape index (κ2) is 6.85. The number of hydrogen-bond acceptors (Lipinski definition) is 4. The van der Waals surface area contributed by atoms with Crippen LogP contribution in [0.15, 0.2) is 24.5 Å². The van der Waals surface area contributed by atoms with Gasteiger partial charge in [-0.1, -0.05) is 0 Å². The number of rotatable bonds is 6. The zero-order valence-electron chi connectivity index (χ0n) is 12.0. The monoisotopic (exact) mass is 290 g/mol. The number of methoxy groups -OCH3 is 1. The van der Waals surface area contributed by atoms with Gasteiger partial charge in [0, 0.05) is 19.2 Å². The molecule has 1 atom stereocenters. The Hall–Kier alpha value is -2.41. The van der Waals surface area contributed by atoms with Gasteiger partial charge in [-0.3, -0.25) is 9.59 Å². The lowest BCUT2D eigenvalue weighted by Gasteiger charge is -2.14. The topological polar surface area (TPSA) is 96.1 Å². The number of imidazole rings is 1. The summed E-state index contributed by atoms with van der Waals surface area (Å²) in [5.41, 5.74) is 2.04. The van der Waals surface area contributed by atoms with Gasteiger partial charge in [-0.25, -0.2) is 4.98 Å². The Labute approximate surface area is 122 Å². The minimum absolute atomic E-state index is 0.247. The summed E-state index contributed by atoms with van der Waals surface area (Å²) in [5, 5.41) is 5.32. The van der Waals surface area contributed by atoms with Crippen molar-refractivity contribution in [2.75, 3.05) is 20.3 Å². The van der Waals surface area contributed by atoms with Crippen molar-refractivity contribution in [2.24, 2.45) is 0 Å². The van der Waals surface area contributed by atoms with Gasteiger partial charge in [0.2, 0.25) is 5.91 Å². The molecule has 2 aromatic rings. The molecule has 0 saturated carbocycles. The Morgan fingerprint density at radius 1 is 1.43 bits per heavy atom. The van der Waals surface area contributed by atoms with Gasteiger partial charge in [0.1, 0.15) is 6.04 Å². The van der Waals surface area contributed by atoms with E-state index in [1.807, 2.05) is 0 Å². The van der Waals surface area contributed by atoms with Gasteiger partial charge in [-0.2, -0.15) is 0 Å². The second-order valence-electron chi connectivity index (χ2n) is 4.61. The highest BCUT2D eigenvalue weighted by Crippen LogP contribution is 2.11. The number of carbonyl (C=O) groups is 2. The Morgan fingerprint density at radius 3 is 3.00 bits per heavy atom. The number of fused-ring (bicyclic) bond motifs is 1. The molecule has 0 aliphatic heterocycles. The highest BCUT2D eigenvalue weighted by molar-refractivity contribution is 5.99. The molecule has 3 N–H and O–H groups in total. The van der Waals surface area contributed by atoms with Crippen LogP contribution < -0.4 is 10.6 Å². The summed E-state index contributed by atoms with van der Waals surface area (Å²) in [6, 6.07) is 4.51. The second-order valence-corrected chi connectivity index (χ2v) is 4.61. The summed E-state index contributed by atoms with van der Waals surface area (Å²) < 4.78 is 4.84. The lowest BCUT2D eigenvalue weighted by molar-refractivity contribution is -0.122. The van der Waals surface area contributed by atoms with Crippen LogP contribution in [-0.2, 0) is 9.53 Å². The predicted octanol–water partition coefficient (Wildman–Crippen LogP) is 0.444. The highest BCUT2D eigenvalue weighted by Gasteiger charge is 2.16. The van der Waals surface area contributed by atoms with Crippen molar-refractivity contribution in [3.8, 4) is 0 Å². The smallest absolute Gasteiger partial charge is 0.251 e. The minimum atomic E-state index is -0.619. The van der Waals surface area contributed by atoms with E-state index in [0.29, 0.717) is 18.7 Å². The van der Waals surface area contributed by atoms with Crippen LogP contribution in [0.5, 0.6) is 0 Å². The van der Waals surface area contributed by atoms with E-state index in [4.69, 9.17) is 4.74 Å². The van der Waals surface area contributed by atoms with Crippen molar-refractivity contribution in [3.05, 3.63) is 30.1 Å². The Kier molecular flexibility index (Phi) is 4.89. The van der Waals surface area contributed by atoms with E-state index in [9.17, 15) is 9.59 Å². The average Bonchev–Trinajstić information content (AvgIpc) is 2.94. The third-order valence-electron chi connectivity index (χ3n) is 3.03. The van der Waals surface area contributed by atoms with E-state index in [2.05, 4.69) is 20.6 Å². The van der Waals surface area contributed by atoms with Crippen LogP contribution in [0.25, 0.3) is 11.0 Å². The Bertz CT molecular complexity index is 638. The molecule has 112 valence electrons. The molecule has 7 nitrogen and oxygen atoms in total. The molecule has 0 spiro atoms. The summed E-state index contributed by atoms with van der Waals surface area (Å²) in [4.78, 5) is 30.9. The molecule has 0 radical (unpaired) electrons. The van der Waals surface area contributed by atoms with Gasteiger partial charge >= 0.3 is 0 Å². The molecule has 2 amide bonds. The molecular formula is C14H18N4O3. The molecule has 2 rings (SSSR count). The van der Waals surface area contributed by atoms with Crippen molar-refractivity contribution in [2.45, 2.75) is 13.0 Å². The number of aromatic nitrogens is 2. The van der Waals surface area contributed by atoms with Crippen molar-refractivity contribution >= 4 is 22.8 Å². The molecule has 7 heteroatoms. The fourth-order valence-electron chi connectivity index (χ4n) is 1.85. The molecular weight excluding hydrogens is 272 g/mol. The van der Waals surface area contributed by atoms with E-state index >= 15 is 0 Å². The molecule has 0 fully saturated rings. The first kappa shape index (κ1) is 15.0. The third-order valence-corrected chi connectivity index (χ3v) is 3.03. The number of benzene rings is 1. The predicted molar refractivity (Wildman–Crippen MR) is 77.9 cm³/mol. The van der Waals surface area contributed by atoms with Crippen molar-refractivity contribution in [1.29, 1.82) is 0 Å². The lowest BCUT2D eigenvalue weighted by Crippen LogP contribution is -2.45. The number of hydrogen-bond donors (Lipinski definition) is 3. The van der Waals surface area contributed by atoms with Crippen LogP contribution in [0.4, 0.5) is 0 Å². The lowest BCUT2D eigenvalue weighted by atomic mass is 10.1. The quantitative estimate of drug-likeness (QED) is 0.673. The van der Waals surface area contributed by atoms with Crippen molar-refractivity contribution in [1.82, 2.24) is 20.6 Å². The van der Waals surface area contributed by atoms with Crippen molar-refractivity contribution < 1.29 is 14.3 Å². The van der Waals surface area contributed by atoms with Crippen LogP contribution in [0, 0.1) is 0 Å². The summed E-state index contributed by atoms with van der Waals surface area (Å²) in [6.07, 6.45) is 1.57. The number of nitrogens with one attached hydrogen (secondary N) is 3. The average molecular weight is 290 g/mol. The maximum Gasteiger partial charge on any atom is 0.251 e. The zero-order valence-corrected chi connectivity index (χ0v) is 12.0. The molecule has 1 aromatic carbocycles. The molecule has 21 heavy (non-hydrogen) atoms. The van der Waals surface area contributed by atoms with E-state index in [-0.39, 0.29) is 11.8 Å². The number of amides is 2. The van der Waals surface area contributed by atoms with Gasteiger partial charge in [0.05, 0.1) is 24.0 Å². The maximum atomic E-state index is 12.1. The zero-order chi connectivity index (χ0) is 15.2. The standard InChI is InChI=1S/C14H18N4O3/c1-9(13(19)15-5-6-21-2)18-14(20)10-3-4-11-12(7-10)17-8-16-11/h3-4,7-9H,5-6H2,1-2H3,(H,15,19)(H,16,17)(H,18,20). The number of aromatic amines is 1. The van der Waals surface area contributed by atoms with Crippen LogP contribution >= 0.6 is 0 Å². The molecule has 1 heterocycles. The van der Waals surface area contributed by atoms with E-state index in [1.165, 1.54) is 0 Å². The van der Waals surface area contributed by atoms with E-state index in [0.717, 1.165) is 11.0 Å². The number of H-pyrrole nitrogens is 1. The number of ether oxygens (including phenoxy) is 1. The largest absolute Gasteiger partial charge is 0.383 e. The Morgan fingerprint density at radius 2 is 2.24 bits per heavy atom. The van der Waals surface area contributed by atoms with E-state index in [1.54, 1.807) is 38.6 Å². The fraction of sp³-hybridized carbons (Fsp3) is 0.357. The molecule has 0 aliphatic rings. The number of nitrogens with zero attached hydrogens (tertiary/aromatic N) is 1. The van der Waals surface area contributed by atoms with Crippen LogP contribution in [0.2, 0.25) is 0 Å². The van der Waals surface area contributed by atoms with Crippen LogP contribution in [0.3, 0.4) is 0 Å². The molecule has 1 unspecified atom stereocenters. The summed E-state index contributed by atoms with van der Waals surface area (Å²) in [7, 11) is 1.56. The first-order valence-electron chi connectivity index (χ1n) is 6.62. The first-order chi connectivity index (χ1) is 10.1. The molecule has 1 aromatic heterocycles. The van der Waals surface area contributed by atoms with Crippen LogP contribution in [-0.4, -0.2) is 48.1 Å². The van der Waals surface area contributed by atoms with Gasteiger partial charge in [0.15, 0.2) is 0 Å². The normalized spacial score (nSPS) is 12.1. The highest BCUT2D eigenvalue weighted by atomic mass is 16.5. The van der Waals surface area contributed by atoms with Gasteiger partial charge < -0.3 is 20.4 Å². The summed E-state index contributed by atoms with van der Waals surface area (Å²) in [5.74, 6) is -0.552. The Balaban J connectivity index is 1.95. The number of carbonyl (C=O) groups excluding carboxylic acids is 2. The van der Waals surface area contributed by atoms with Gasteiger partial charge in [-0.15, -0.1) is 0 Å². The maximum absolute atomic E-state index is 12.1. The molecule has 0 saturated heterocycles. The summed E-state index contributed by atoms with van der Waals surface area (Å²) >= 11 is 0. The third kappa shape index (κ3) is 3.79. The first-order valence-corrected chi connectivity index (χ1v) is 6.62. The minimum Gasteiger partial charge on any atom is -0.383 e. The summed E-state index contributed by atoms with van der Waals surface area (Å²) in [6.45, 7) is 2.48. The van der Waals surface area contributed by atoms with E-state index < -0.39 is 6.04 Å². The van der Waals surface area contributed by atoms with Crippen LogP contribution in [0.1, 0.15) is 17.3 Å². The molecule has 0 aliphatic carbocycles.